The molecule has 0 aliphatic carbocycles. The zero-order valence-electron chi connectivity index (χ0n) is 5.16. The van der Waals surface area contributed by atoms with Gasteiger partial charge in [0.25, 0.3) is 0 Å². The maximum atomic E-state index is 9.80. The van der Waals surface area contributed by atoms with Crippen LogP contribution in [0.4, 0.5) is 0 Å². The first-order valence-electron chi connectivity index (χ1n) is 2.68. The summed E-state index contributed by atoms with van der Waals surface area (Å²) < 4.78 is 1.54. The van der Waals surface area contributed by atoms with Crippen molar-refractivity contribution in [2.45, 2.75) is 13.5 Å². The van der Waals surface area contributed by atoms with Gasteiger partial charge in [-0.15, -0.1) is 0 Å². The van der Waals surface area contributed by atoms with Gasteiger partial charge in [0.1, 0.15) is 6.54 Å². The third-order valence-electron chi connectivity index (χ3n) is 1.00. The summed E-state index contributed by atoms with van der Waals surface area (Å²) in [5, 5.41) is 3.95. The molecule has 1 aromatic rings. The van der Waals surface area contributed by atoms with Crippen LogP contribution in [0.3, 0.4) is 0 Å². The molecule has 0 N–H and O–H groups in total. The van der Waals surface area contributed by atoms with Crippen molar-refractivity contribution in [3.8, 4) is 0 Å². The number of rotatable bonds is 2. The summed E-state index contributed by atoms with van der Waals surface area (Å²) in [7, 11) is 0. The predicted octanol–water partition coefficient (Wildman–Crippen LogP) is 0.301. The first-order chi connectivity index (χ1) is 4.33. The van der Waals surface area contributed by atoms with Crippen LogP contribution < -0.4 is 0 Å². The van der Waals surface area contributed by atoms with E-state index in [9.17, 15) is 4.79 Å². The van der Waals surface area contributed by atoms with E-state index in [2.05, 4.69) is 5.10 Å². The van der Waals surface area contributed by atoms with Gasteiger partial charge in [0, 0.05) is 6.20 Å². The van der Waals surface area contributed by atoms with E-state index in [1.165, 1.54) is 0 Å². The molecule has 0 saturated heterocycles. The van der Waals surface area contributed by atoms with Crippen molar-refractivity contribution in [2.75, 3.05) is 0 Å². The van der Waals surface area contributed by atoms with E-state index in [-0.39, 0.29) is 6.54 Å². The van der Waals surface area contributed by atoms with Crippen LogP contribution in [0.15, 0.2) is 12.3 Å². The van der Waals surface area contributed by atoms with Crippen LogP contribution in [0.2, 0.25) is 0 Å². The lowest BCUT2D eigenvalue weighted by atomic mass is 10.5. The van der Waals surface area contributed by atoms with Crippen LogP contribution in [0.5, 0.6) is 0 Å². The van der Waals surface area contributed by atoms with Gasteiger partial charge in [-0.25, -0.2) is 0 Å². The highest BCUT2D eigenvalue weighted by Crippen LogP contribution is 1.89. The standard InChI is InChI=1S/C6H7N2O/c1-6-2-3-8(7-6)4-5-9/h2-3H,4H2,1H3. The van der Waals surface area contributed by atoms with Crippen LogP contribution in [-0.2, 0) is 11.3 Å². The third kappa shape index (κ3) is 1.38. The molecule has 0 spiro atoms. The number of hydrogen-bond acceptors (Lipinski definition) is 2. The van der Waals surface area contributed by atoms with Gasteiger partial charge < -0.3 is 0 Å². The Kier molecular flexibility index (Phi) is 1.63. The lowest BCUT2D eigenvalue weighted by molar-refractivity contribution is 0.538. The van der Waals surface area contributed by atoms with Crippen LogP contribution in [0.25, 0.3) is 0 Å². The van der Waals surface area contributed by atoms with Crippen LogP contribution in [0, 0.1) is 6.92 Å². The van der Waals surface area contributed by atoms with Gasteiger partial charge in [-0.1, -0.05) is 0 Å². The molecule has 1 aromatic heterocycles. The van der Waals surface area contributed by atoms with Crippen molar-refractivity contribution in [2.24, 2.45) is 0 Å². The van der Waals surface area contributed by atoms with Crippen molar-refractivity contribution in [1.29, 1.82) is 0 Å². The Bertz CT molecular complexity index is 205. The van der Waals surface area contributed by atoms with Crippen molar-refractivity contribution in [3.63, 3.8) is 0 Å². The molecule has 0 unspecified atom stereocenters. The first-order valence-corrected chi connectivity index (χ1v) is 2.68. The highest BCUT2D eigenvalue weighted by atomic mass is 16.1. The van der Waals surface area contributed by atoms with E-state index in [0.29, 0.717) is 0 Å². The number of hydrogen-bond donors (Lipinski definition) is 0. The van der Waals surface area contributed by atoms with E-state index >= 15 is 0 Å². The normalized spacial score (nSPS) is 9.44. The highest BCUT2D eigenvalue weighted by molar-refractivity contribution is 5.49. The summed E-state index contributed by atoms with van der Waals surface area (Å²) in [4.78, 5) is 9.80. The molecule has 0 aliphatic rings. The van der Waals surface area contributed by atoms with Gasteiger partial charge in [0.15, 0.2) is 0 Å². The second-order valence-electron chi connectivity index (χ2n) is 1.80. The topological polar surface area (TPSA) is 34.9 Å². The molecule has 1 radical (unpaired) electrons. The fourth-order valence-corrected chi connectivity index (χ4v) is 0.617. The van der Waals surface area contributed by atoms with Crippen LogP contribution in [0.1, 0.15) is 5.69 Å². The molecular formula is C6H7N2O. The molecule has 0 amide bonds. The summed E-state index contributed by atoms with van der Waals surface area (Å²) in [6, 6.07) is 1.84. The minimum absolute atomic E-state index is 0.230. The first kappa shape index (κ1) is 6.01. The molecule has 9 heavy (non-hydrogen) atoms. The van der Waals surface area contributed by atoms with E-state index < -0.39 is 0 Å². The second kappa shape index (κ2) is 2.44. The monoisotopic (exact) mass is 123 g/mol. The zero-order chi connectivity index (χ0) is 6.69. The smallest absolute Gasteiger partial charge is 0.221 e. The Morgan fingerprint density at radius 3 is 3.11 bits per heavy atom. The zero-order valence-corrected chi connectivity index (χ0v) is 5.16. The minimum atomic E-state index is 0.230. The Morgan fingerprint density at radius 2 is 2.67 bits per heavy atom. The Morgan fingerprint density at radius 1 is 1.89 bits per heavy atom. The molecule has 0 saturated carbocycles. The average molecular weight is 123 g/mol. The summed E-state index contributed by atoms with van der Waals surface area (Å²) in [5.74, 6) is 0. The number of nitrogens with zero attached hydrogens (tertiary/aromatic N) is 2. The Balaban J connectivity index is 2.72. The van der Waals surface area contributed by atoms with Crippen molar-refractivity contribution >= 4 is 6.29 Å². The number of carbonyl (C=O) groups excluding carboxylic acids is 1. The van der Waals surface area contributed by atoms with Gasteiger partial charge in [-0.05, 0) is 13.0 Å². The molecule has 0 aliphatic heterocycles. The maximum Gasteiger partial charge on any atom is 0.221 e. The molecular weight excluding hydrogens is 116 g/mol. The van der Waals surface area contributed by atoms with E-state index in [4.69, 9.17) is 0 Å². The highest BCUT2D eigenvalue weighted by Gasteiger charge is 1.89. The van der Waals surface area contributed by atoms with Gasteiger partial charge >= 0.3 is 0 Å². The molecule has 47 valence electrons. The second-order valence-corrected chi connectivity index (χ2v) is 1.80. The molecule has 3 heteroatoms. The lowest BCUT2D eigenvalue weighted by Crippen LogP contribution is -1.98. The lowest BCUT2D eigenvalue weighted by Gasteiger charge is -1.87. The Labute approximate surface area is 53.3 Å². The quantitative estimate of drug-likeness (QED) is 0.567. The van der Waals surface area contributed by atoms with E-state index in [0.717, 1.165) is 5.69 Å². The molecule has 0 fully saturated rings. The van der Waals surface area contributed by atoms with Gasteiger partial charge in [-0.2, -0.15) is 5.10 Å². The minimum Gasteiger partial charge on any atom is -0.289 e. The van der Waals surface area contributed by atoms with E-state index in [1.54, 1.807) is 17.2 Å². The molecule has 0 atom stereocenters. The van der Waals surface area contributed by atoms with Crippen LogP contribution >= 0.6 is 0 Å². The van der Waals surface area contributed by atoms with E-state index in [1.807, 2.05) is 13.0 Å². The molecule has 1 rings (SSSR count). The van der Waals surface area contributed by atoms with Gasteiger partial charge in [-0.3, -0.25) is 9.48 Å². The molecule has 0 bridgehead atoms. The fraction of sp³-hybridized carbons (Fsp3) is 0.333. The third-order valence-corrected chi connectivity index (χ3v) is 1.00. The molecule has 0 aromatic carbocycles. The average Bonchev–Trinajstić information content (AvgIpc) is 2.17. The number of aryl methyl sites for hydroxylation is 1. The number of aromatic nitrogens is 2. The summed E-state index contributed by atoms with van der Waals surface area (Å²) in [6.45, 7) is 2.11. The summed E-state index contributed by atoms with van der Waals surface area (Å²) >= 11 is 0. The van der Waals surface area contributed by atoms with Crippen molar-refractivity contribution < 1.29 is 4.79 Å². The van der Waals surface area contributed by atoms with Crippen LogP contribution in [-0.4, -0.2) is 16.1 Å². The predicted molar refractivity (Wildman–Crippen MR) is 32.7 cm³/mol. The fourth-order valence-electron chi connectivity index (χ4n) is 0.617. The van der Waals surface area contributed by atoms with Crippen molar-refractivity contribution in [3.05, 3.63) is 18.0 Å². The Hall–Kier alpha value is -1.12. The summed E-state index contributed by atoms with van der Waals surface area (Å²) in [6.07, 6.45) is 3.50. The van der Waals surface area contributed by atoms with Crippen molar-refractivity contribution in [1.82, 2.24) is 9.78 Å². The molecule has 3 nitrogen and oxygen atoms in total. The maximum absolute atomic E-state index is 9.80. The molecule has 1 heterocycles. The van der Waals surface area contributed by atoms with Gasteiger partial charge in [0.2, 0.25) is 6.29 Å². The van der Waals surface area contributed by atoms with Gasteiger partial charge in [0.05, 0.1) is 5.69 Å². The SMILES string of the molecule is Cc1ccn(C[C]=O)n1. The summed E-state index contributed by atoms with van der Waals surface area (Å²) in [5.41, 5.74) is 0.922. The largest absolute Gasteiger partial charge is 0.289 e.